The molecule has 2 N–H and O–H groups in total. The van der Waals surface area contributed by atoms with Crippen molar-refractivity contribution in [2.75, 3.05) is 11.9 Å². The van der Waals surface area contributed by atoms with Crippen molar-refractivity contribution >= 4 is 27.5 Å². The third-order valence-electron chi connectivity index (χ3n) is 2.29. The molecule has 0 fully saturated rings. The van der Waals surface area contributed by atoms with Crippen LogP contribution in [0.3, 0.4) is 0 Å². The summed E-state index contributed by atoms with van der Waals surface area (Å²) in [5.74, 6) is -0.0538. The Hall–Kier alpha value is -0.870. The van der Waals surface area contributed by atoms with E-state index in [-0.39, 0.29) is 5.91 Å². The summed E-state index contributed by atoms with van der Waals surface area (Å²) >= 11 is 3.39. The Morgan fingerprint density at radius 2 is 2.23 bits per heavy atom. The number of nitrogens with zero attached hydrogens (tertiary/aromatic N) is 1. The van der Waals surface area contributed by atoms with Crippen molar-refractivity contribution in [1.29, 1.82) is 0 Å². The van der Waals surface area contributed by atoms with Crippen LogP contribution in [0.5, 0.6) is 0 Å². The second-order valence-corrected chi connectivity index (χ2v) is 3.91. The Labute approximate surface area is 84.6 Å². The Bertz CT molecular complexity index is 378. The minimum Gasteiger partial charge on any atom is -0.316 e. The van der Waals surface area contributed by atoms with Crippen molar-refractivity contribution in [2.24, 2.45) is 5.73 Å². The number of likely N-dealkylation sites (N-methyl/N-ethyl adjacent to an activating group) is 1. The van der Waals surface area contributed by atoms with E-state index in [4.69, 9.17) is 5.73 Å². The van der Waals surface area contributed by atoms with E-state index in [9.17, 15) is 4.79 Å². The molecule has 2 rings (SSSR count). The molecule has 1 aromatic carbocycles. The predicted molar refractivity (Wildman–Crippen MR) is 54.5 cm³/mol. The van der Waals surface area contributed by atoms with Gasteiger partial charge in [-0.3, -0.25) is 4.79 Å². The molecular formula is C9H9BrN2O. The number of carbonyl (C=O) groups is 1. The quantitative estimate of drug-likeness (QED) is 0.746. The Kier molecular flexibility index (Phi) is 1.89. The molecule has 68 valence electrons. The number of carbonyl (C=O) groups excluding carboxylic acids is 1. The zero-order chi connectivity index (χ0) is 9.59. The topological polar surface area (TPSA) is 46.3 Å². The lowest BCUT2D eigenvalue weighted by molar-refractivity contribution is -0.118. The van der Waals surface area contributed by atoms with Crippen LogP contribution in [0.2, 0.25) is 0 Å². The first-order valence-electron chi connectivity index (χ1n) is 3.94. The minimum absolute atomic E-state index is 0.0538. The van der Waals surface area contributed by atoms with E-state index in [1.165, 1.54) is 0 Å². The fraction of sp³-hybridized carbons (Fsp3) is 0.222. The largest absolute Gasteiger partial charge is 0.316 e. The summed E-state index contributed by atoms with van der Waals surface area (Å²) in [6.45, 7) is 0. The Morgan fingerprint density at radius 3 is 2.85 bits per heavy atom. The smallest absolute Gasteiger partial charge is 0.248 e. The predicted octanol–water partition coefficient (Wildman–Crippen LogP) is 1.43. The Morgan fingerprint density at radius 1 is 1.54 bits per heavy atom. The van der Waals surface area contributed by atoms with Crippen molar-refractivity contribution < 1.29 is 4.79 Å². The van der Waals surface area contributed by atoms with Crippen molar-refractivity contribution in [1.82, 2.24) is 0 Å². The van der Waals surface area contributed by atoms with Crippen LogP contribution in [0.15, 0.2) is 22.7 Å². The van der Waals surface area contributed by atoms with Gasteiger partial charge in [-0.05, 0) is 22.0 Å². The van der Waals surface area contributed by atoms with Gasteiger partial charge in [0.25, 0.3) is 0 Å². The number of rotatable bonds is 0. The van der Waals surface area contributed by atoms with Crippen molar-refractivity contribution in [3.8, 4) is 0 Å². The number of anilines is 1. The number of fused-ring (bicyclic) bond motifs is 1. The second kappa shape index (κ2) is 2.82. The van der Waals surface area contributed by atoms with Crippen molar-refractivity contribution in [3.63, 3.8) is 0 Å². The summed E-state index contributed by atoms with van der Waals surface area (Å²) in [6.07, 6.45) is 0. The van der Waals surface area contributed by atoms with Crippen LogP contribution in [-0.4, -0.2) is 13.0 Å². The average Bonchev–Trinajstić information content (AvgIpc) is 2.33. The van der Waals surface area contributed by atoms with E-state index in [0.29, 0.717) is 0 Å². The van der Waals surface area contributed by atoms with Gasteiger partial charge < -0.3 is 10.6 Å². The van der Waals surface area contributed by atoms with Gasteiger partial charge in [0.2, 0.25) is 5.91 Å². The van der Waals surface area contributed by atoms with E-state index < -0.39 is 6.04 Å². The second-order valence-electron chi connectivity index (χ2n) is 3.05. The summed E-state index contributed by atoms with van der Waals surface area (Å²) < 4.78 is 0.911. The normalized spacial score (nSPS) is 20.7. The fourth-order valence-corrected chi connectivity index (χ4v) is 2.24. The summed E-state index contributed by atoms with van der Waals surface area (Å²) in [5, 5.41) is 0. The summed E-state index contributed by atoms with van der Waals surface area (Å²) in [5.41, 5.74) is 7.52. The first-order valence-corrected chi connectivity index (χ1v) is 4.74. The van der Waals surface area contributed by atoms with Crippen LogP contribution >= 0.6 is 15.9 Å². The van der Waals surface area contributed by atoms with Crippen molar-refractivity contribution in [2.45, 2.75) is 6.04 Å². The minimum atomic E-state index is -0.502. The maximum absolute atomic E-state index is 11.5. The maximum Gasteiger partial charge on any atom is 0.248 e. The van der Waals surface area contributed by atoms with Crippen LogP contribution in [0.1, 0.15) is 11.6 Å². The summed E-state index contributed by atoms with van der Waals surface area (Å²) in [6, 6.07) is 5.17. The molecule has 0 aromatic heterocycles. The summed E-state index contributed by atoms with van der Waals surface area (Å²) in [7, 11) is 1.73. The van der Waals surface area contributed by atoms with E-state index in [1.807, 2.05) is 18.2 Å². The zero-order valence-electron chi connectivity index (χ0n) is 7.12. The number of halogens is 1. The van der Waals surface area contributed by atoms with Crippen LogP contribution in [0.25, 0.3) is 0 Å². The molecule has 0 bridgehead atoms. The number of amides is 1. The van der Waals surface area contributed by atoms with Gasteiger partial charge in [0.05, 0.1) is 5.69 Å². The molecule has 1 heterocycles. The van der Waals surface area contributed by atoms with Gasteiger partial charge in [-0.15, -0.1) is 0 Å². The first kappa shape index (κ1) is 8.72. The summed E-state index contributed by atoms with van der Waals surface area (Å²) in [4.78, 5) is 13.1. The van der Waals surface area contributed by atoms with Gasteiger partial charge in [0.1, 0.15) is 6.04 Å². The number of nitrogens with two attached hydrogens (primary N) is 1. The number of para-hydroxylation sites is 1. The molecule has 1 aliphatic rings. The lowest BCUT2D eigenvalue weighted by atomic mass is 10.1. The van der Waals surface area contributed by atoms with Gasteiger partial charge in [-0.25, -0.2) is 0 Å². The van der Waals surface area contributed by atoms with E-state index in [1.54, 1.807) is 11.9 Å². The lowest BCUT2D eigenvalue weighted by Crippen LogP contribution is -2.27. The fourth-order valence-electron chi connectivity index (χ4n) is 1.59. The monoisotopic (exact) mass is 240 g/mol. The molecule has 0 aliphatic carbocycles. The lowest BCUT2D eigenvalue weighted by Gasteiger charge is -2.10. The molecule has 4 heteroatoms. The molecule has 0 saturated carbocycles. The van der Waals surface area contributed by atoms with Gasteiger partial charge >= 0.3 is 0 Å². The van der Waals surface area contributed by atoms with Gasteiger partial charge in [0.15, 0.2) is 0 Å². The van der Waals surface area contributed by atoms with Crippen LogP contribution in [-0.2, 0) is 4.79 Å². The molecule has 0 saturated heterocycles. The average molecular weight is 241 g/mol. The first-order chi connectivity index (χ1) is 6.13. The van der Waals surface area contributed by atoms with Crippen LogP contribution in [0, 0.1) is 0 Å². The highest BCUT2D eigenvalue weighted by atomic mass is 79.9. The van der Waals surface area contributed by atoms with Crippen molar-refractivity contribution in [3.05, 3.63) is 28.2 Å². The number of benzene rings is 1. The SMILES string of the molecule is CN1C(=O)C(N)c2cccc(Br)c21. The third-order valence-corrected chi connectivity index (χ3v) is 2.92. The molecule has 0 spiro atoms. The molecule has 3 nitrogen and oxygen atoms in total. The standard InChI is InChI=1S/C9H9BrN2O/c1-12-8-5(7(11)9(12)13)3-2-4-6(8)10/h2-4,7H,11H2,1H3. The van der Waals surface area contributed by atoms with E-state index in [0.717, 1.165) is 15.7 Å². The van der Waals surface area contributed by atoms with Gasteiger partial charge in [0, 0.05) is 17.1 Å². The van der Waals surface area contributed by atoms with Gasteiger partial charge in [-0.1, -0.05) is 12.1 Å². The van der Waals surface area contributed by atoms with E-state index >= 15 is 0 Å². The highest BCUT2D eigenvalue weighted by Crippen LogP contribution is 2.38. The van der Waals surface area contributed by atoms with Gasteiger partial charge in [-0.2, -0.15) is 0 Å². The maximum atomic E-state index is 11.5. The zero-order valence-corrected chi connectivity index (χ0v) is 8.71. The molecule has 0 radical (unpaired) electrons. The molecule has 1 unspecified atom stereocenters. The molecule has 1 amide bonds. The Balaban J connectivity index is 2.66. The highest BCUT2D eigenvalue weighted by molar-refractivity contribution is 9.10. The van der Waals surface area contributed by atoms with E-state index in [2.05, 4.69) is 15.9 Å². The molecule has 1 atom stereocenters. The molecular weight excluding hydrogens is 232 g/mol. The third kappa shape index (κ3) is 1.09. The number of hydrogen-bond donors (Lipinski definition) is 1. The number of hydrogen-bond acceptors (Lipinski definition) is 2. The molecule has 13 heavy (non-hydrogen) atoms. The van der Waals surface area contributed by atoms with Crippen LogP contribution < -0.4 is 10.6 Å². The molecule has 1 aliphatic heterocycles. The molecule has 1 aromatic rings. The highest BCUT2D eigenvalue weighted by Gasteiger charge is 2.33. The van der Waals surface area contributed by atoms with Crippen LogP contribution in [0.4, 0.5) is 5.69 Å².